The van der Waals surface area contributed by atoms with Crippen LogP contribution in [-0.2, 0) is 13.0 Å². The summed E-state index contributed by atoms with van der Waals surface area (Å²) < 4.78 is 10.6. The maximum absolute atomic E-state index is 12.7. The van der Waals surface area contributed by atoms with Crippen molar-refractivity contribution in [3.8, 4) is 11.5 Å². The summed E-state index contributed by atoms with van der Waals surface area (Å²) >= 11 is 0. The Hall–Kier alpha value is -3.71. The Labute approximate surface area is 188 Å². The molecule has 1 amide bonds. The summed E-state index contributed by atoms with van der Waals surface area (Å²) in [6.45, 7) is 0.719. The molecule has 0 saturated carbocycles. The van der Waals surface area contributed by atoms with Crippen molar-refractivity contribution >= 4 is 23.0 Å². The second kappa shape index (κ2) is 11.1. The summed E-state index contributed by atoms with van der Waals surface area (Å²) in [6.07, 6.45) is 1.39. The Morgan fingerprint density at radius 1 is 0.938 bits per heavy atom. The Kier molecular flexibility index (Phi) is 7.94. The zero-order valence-corrected chi connectivity index (χ0v) is 18.4. The first-order valence-corrected chi connectivity index (χ1v) is 10.4. The number of amides is 1. The molecule has 3 aromatic carbocycles. The van der Waals surface area contributed by atoms with Crippen molar-refractivity contribution in [3.05, 3.63) is 77.4 Å². The predicted molar refractivity (Wildman–Crippen MR) is 128 cm³/mol. The number of methoxy groups -OCH3 is 2. The SMILES string of the molecule is COc1ccc(NCc2ccc(C(=O)Nc3cc(CCCO)ccc3N)cc2)cc1OC. The number of aliphatic hydroxyl groups is 1. The monoisotopic (exact) mass is 435 g/mol. The van der Waals surface area contributed by atoms with Gasteiger partial charge in [0.05, 0.1) is 25.6 Å². The second-order valence-electron chi connectivity index (χ2n) is 7.32. The molecule has 0 spiro atoms. The van der Waals surface area contributed by atoms with Crippen LogP contribution < -0.4 is 25.8 Å². The molecule has 0 saturated heterocycles. The van der Waals surface area contributed by atoms with E-state index in [-0.39, 0.29) is 12.5 Å². The smallest absolute Gasteiger partial charge is 0.255 e. The molecule has 0 bridgehead atoms. The summed E-state index contributed by atoms with van der Waals surface area (Å²) in [5.74, 6) is 1.10. The molecule has 3 aromatic rings. The number of aryl methyl sites for hydroxylation is 1. The molecule has 168 valence electrons. The molecule has 0 aliphatic rings. The van der Waals surface area contributed by atoms with Gasteiger partial charge in [-0.25, -0.2) is 0 Å². The van der Waals surface area contributed by atoms with E-state index in [0.29, 0.717) is 41.4 Å². The van der Waals surface area contributed by atoms with E-state index in [0.717, 1.165) is 23.2 Å². The average molecular weight is 436 g/mol. The molecule has 0 aliphatic heterocycles. The van der Waals surface area contributed by atoms with Gasteiger partial charge in [-0.15, -0.1) is 0 Å². The van der Waals surface area contributed by atoms with Gasteiger partial charge in [0.2, 0.25) is 0 Å². The molecule has 0 atom stereocenters. The van der Waals surface area contributed by atoms with Crippen molar-refractivity contribution in [1.82, 2.24) is 0 Å². The van der Waals surface area contributed by atoms with Crippen LogP contribution in [-0.4, -0.2) is 31.8 Å². The van der Waals surface area contributed by atoms with E-state index in [1.165, 1.54) is 0 Å². The van der Waals surface area contributed by atoms with Crippen LogP contribution in [0.4, 0.5) is 17.1 Å². The third-order valence-electron chi connectivity index (χ3n) is 5.09. The summed E-state index contributed by atoms with van der Waals surface area (Å²) in [4.78, 5) is 12.7. The molecule has 0 unspecified atom stereocenters. The molecular formula is C25H29N3O4. The predicted octanol–water partition coefficient (Wildman–Crippen LogP) is 4.08. The number of anilines is 3. The molecule has 7 nitrogen and oxygen atoms in total. The Morgan fingerprint density at radius 3 is 2.34 bits per heavy atom. The molecule has 0 aromatic heterocycles. The maximum Gasteiger partial charge on any atom is 0.255 e. The average Bonchev–Trinajstić information content (AvgIpc) is 2.83. The third kappa shape index (κ3) is 5.92. The number of aliphatic hydroxyl groups excluding tert-OH is 1. The first-order chi connectivity index (χ1) is 15.5. The topological polar surface area (TPSA) is 106 Å². The Morgan fingerprint density at radius 2 is 1.66 bits per heavy atom. The van der Waals surface area contributed by atoms with Crippen LogP contribution in [0.1, 0.15) is 27.9 Å². The van der Waals surface area contributed by atoms with E-state index in [2.05, 4.69) is 10.6 Å². The van der Waals surface area contributed by atoms with Crippen LogP contribution in [0.15, 0.2) is 60.7 Å². The summed E-state index contributed by atoms with van der Waals surface area (Å²) in [5, 5.41) is 15.2. The number of hydrogen-bond donors (Lipinski definition) is 4. The number of carbonyl (C=O) groups excluding carboxylic acids is 1. The van der Waals surface area contributed by atoms with Crippen LogP contribution in [0.25, 0.3) is 0 Å². The van der Waals surface area contributed by atoms with Gasteiger partial charge in [-0.05, 0) is 60.4 Å². The zero-order valence-electron chi connectivity index (χ0n) is 18.4. The van der Waals surface area contributed by atoms with Crippen molar-refractivity contribution in [2.75, 3.05) is 37.2 Å². The van der Waals surface area contributed by atoms with Gasteiger partial charge in [-0.1, -0.05) is 18.2 Å². The van der Waals surface area contributed by atoms with E-state index in [4.69, 9.17) is 20.3 Å². The summed E-state index contributed by atoms with van der Waals surface area (Å²) in [5.41, 5.74) is 10.6. The molecule has 3 rings (SSSR count). The number of nitrogens with one attached hydrogen (secondary N) is 2. The van der Waals surface area contributed by atoms with E-state index in [1.54, 1.807) is 32.4 Å². The highest BCUT2D eigenvalue weighted by atomic mass is 16.5. The van der Waals surface area contributed by atoms with E-state index in [1.807, 2.05) is 42.5 Å². The van der Waals surface area contributed by atoms with Crippen molar-refractivity contribution < 1.29 is 19.4 Å². The van der Waals surface area contributed by atoms with Gasteiger partial charge in [0.1, 0.15) is 0 Å². The van der Waals surface area contributed by atoms with Crippen LogP contribution in [0.5, 0.6) is 11.5 Å². The van der Waals surface area contributed by atoms with Gasteiger partial charge >= 0.3 is 0 Å². The third-order valence-corrected chi connectivity index (χ3v) is 5.09. The van der Waals surface area contributed by atoms with Gasteiger partial charge in [0.25, 0.3) is 5.91 Å². The van der Waals surface area contributed by atoms with Gasteiger partial charge in [-0.3, -0.25) is 4.79 Å². The maximum atomic E-state index is 12.7. The Bertz CT molecular complexity index is 1050. The lowest BCUT2D eigenvalue weighted by Gasteiger charge is -2.12. The first-order valence-electron chi connectivity index (χ1n) is 10.4. The van der Waals surface area contributed by atoms with Crippen LogP contribution in [0.3, 0.4) is 0 Å². The summed E-state index contributed by atoms with van der Waals surface area (Å²) in [7, 11) is 3.20. The molecule has 7 heteroatoms. The number of carbonyl (C=O) groups is 1. The van der Waals surface area contributed by atoms with E-state index >= 15 is 0 Å². The minimum absolute atomic E-state index is 0.124. The minimum atomic E-state index is -0.226. The van der Waals surface area contributed by atoms with E-state index < -0.39 is 0 Å². The molecule has 0 fully saturated rings. The Balaban J connectivity index is 1.61. The largest absolute Gasteiger partial charge is 0.493 e. The summed E-state index contributed by atoms with van der Waals surface area (Å²) in [6, 6.07) is 18.5. The lowest BCUT2D eigenvalue weighted by molar-refractivity contribution is 0.102. The fourth-order valence-electron chi connectivity index (χ4n) is 3.27. The number of benzene rings is 3. The molecule has 5 N–H and O–H groups in total. The van der Waals surface area contributed by atoms with Gasteiger partial charge < -0.3 is 30.9 Å². The lowest BCUT2D eigenvalue weighted by Crippen LogP contribution is -2.13. The highest BCUT2D eigenvalue weighted by Crippen LogP contribution is 2.30. The number of hydrogen-bond acceptors (Lipinski definition) is 6. The minimum Gasteiger partial charge on any atom is -0.493 e. The number of ether oxygens (including phenoxy) is 2. The van der Waals surface area contributed by atoms with Crippen molar-refractivity contribution in [2.45, 2.75) is 19.4 Å². The van der Waals surface area contributed by atoms with Gasteiger partial charge in [0.15, 0.2) is 11.5 Å². The van der Waals surface area contributed by atoms with Gasteiger partial charge in [-0.2, -0.15) is 0 Å². The highest BCUT2D eigenvalue weighted by molar-refractivity contribution is 6.05. The van der Waals surface area contributed by atoms with Crippen LogP contribution in [0, 0.1) is 0 Å². The molecule has 0 heterocycles. The van der Waals surface area contributed by atoms with Crippen LogP contribution in [0.2, 0.25) is 0 Å². The van der Waals surface area contributed by atoms with E-state index in [9.17, 15) is 4.79 Å². The van der Waals surface area contributed by atoms with Crippen molar-refractivity contribution in [1.29, 1.82) is 0 Å². The van der Waals surface area contributed by atoms with Crippen molar-refractivity contribution in [2.24, 2.45) is 0 Å². The fourth-order valence-corrected chi connectivity index (χ4v) is 3.27. The highest BCUT2D eigenvalue weighted by Gasteiger charge is 2.10. The number of rotatable bonds is 10. The van der Waals surface area contributed by atoms with Crippen LogP contribution >= 0.6 is 0 Å². The molecule has 0 radical (unpaired) electrons. The quantitative estimate of drug-likeness (QED) is 0.358. The number of nitrogen functional groups attached to an aromatic ring is 1. The fraction of sp³-hybridized carbons (Fsp3) is 0.240. The standard InChI is InChI=1S/C25H29N3O4/c1-31-23-12-10-20(15-24(23)32-2)27-16-18-5-8-19(9-6-18)25(30)28-22-14-17(4-3-13-29)7-11-21(22)26/h5-12,14-15,27,29H,3-4,13,16,26H2,1-2H3,(H,28,30). The molecule has 32 heavy (non-hydrogen) atoms. The second-order valence-corrected chi connectivity index (χ2v) is 7.32. The van der Waals surface area contributed by atoms with Gasteiger partial charge in [0, 0.05) is 30.5 Å². The molecular weight excluding hydrogens is 406 g/mol. The van der Waals surface area contributed by atoms with Crippen molar-refractivity contribution in [3.63, 3.8) is 0 Å². The number of nitrogens with two attached hydrogens (primary N) is 1. The first kappa shape index (κ1) is 23.0. The normalized spacial score (nSPS) is 10.5. The molecule has 0 aliphatic carbocycles. The lowest BCUT2D eigenvalue weighted by atomic mass is 10.1. The zero-order chi connectivity index (χ0) is 22.9.